The van der Waals surface area contributed by atoms with Gasteiger partial charge in [-0.25, -0.2) is 14.4 Å². The summed E-state index contributed by atoms with van der Waals surface area (Å²) < 4.78 is 31.4. The van der Waals surface area contributed by atoms with Gasteiger partial charge in [-0.3, -0.25) is 9.69 Å². The molecule has 1 aliphatic carbocycles. The summed E-state index contributed by atoms with van der Waals surface area (Å²) in [4.78, 5) is 23.0. The molecule has 0 bridgehead atoms. The third-order valence-electron chi connectivity index (χ3n) is 6.01. The molecule has 2 aromatic carbocycles. The van der Waals surface area contributed by atoms with Crippen molar-refractivity contribution in [1.29, 1.82) is 0 Å². The zero-order chi connectivity index (χ0) is 28.9. The van der Waals surface area contributed by atoms with Crippen molar-refractivity contribution in [3.63, 3.8) is 0 Å². The van der Waals surface area contributed by atoms with Gasteiger partial charge in [0, 0.05) is 30.2 Å². The number of anilines is 2. The van der Waals surface area contributed by atoms with E-state index in [1.54, 1.807) is 24.0 Å². The van der Waals surface area contributed by atoms with Gasteiger partial charge in [0.05, 0.1) is 29.8 Å². The van der Waals surface area contributed by atoms with Crippen LogP contribution in [0.1, 0.15) is 40.5 Å². The highest BCUT2D eigenvalue weighted by Gasteiger charge is 2.24. The van der Waals surface area contributed by atoms with Crippen molar-refractivity contribution in [2.75, 3.05) is 38.2 Å². The quantitative estimate of drug-likeness (QED) is 0.261. The Labute approximate surface area is 238 Å². The lowest BCUT2D eigenvalue weighted by molar-refractivity contribution is -0.156. The Kier molecular flexibility index (Phi) is 9.65. The molecule has 1 aromatic heterocycles. The average molecular weight is 575 g/mol. The van der Waals surface area contributed by atoms with Crippen molar-refractivity contribution in [3.8, 4) is 11.5 Å². The molecule has 0 spiro atoms. The molecule has 1 fully saturated rings. The zero-order valence-corrected chi connectivity index (χ0v) is 24.0. The van der Waals surface area contributed by atoms with Gasteiger partial charge in [0.2, 0.25) is 0 Å². The number of benzene rings is 2. The summed E-state index contributed by atoms with van der Waals surface area (Å²) >= 11 is 5.95. The number of rotatable bonds is 13. The molecule has 1 atom stereocenters. The Morgan fingerprint density at radius 1 is 1.20 bits per heavy atom. The maximum atomic E-state index is 13.6. The molecular weight excluding hydrogens is 539 g/mol. The summed E-state index contributed by atoms with van der Waals surface area (Å²) in [6.45, 7) is 8.63. The first-order chi connectivity index (χ1) is 19.0. The minimum Gasteiger partial charge on any atom is -0.489 e. The molecule has 9 nitrogen and oxygen atoms in total. The fraction of sp³-hybridized carbons (Fsp3) is 0.483. The second-order valence-electron chi connectivity index (χ2n) is 11.1. The van der Waals surface area contributed by atoms with Crippen molar-refractivity contribution < 1.29 is 28.5 Å². The van der Waals surface area contributed by atoms with E-state index < -0.39 is 17.5 Å². The molecule has 0 amide bonds. The van der Waals surface area contributed by atoms with Crippen LogP contribution in [0, 0.1) is 11.7 Å². The number of hydrogen-bond donors (Lipinski definition) is 2. The van der Waals surface area contributed by atoms with Crippen LogP contribution in [0.15, 0.2) is 36.7 Å². The smallest absolute Gasteiger partial charge is 0.320 e. The zero-order valence-electron chi connectivity index (χ0n) is 23.2. The highest BCUT2D eigenvalue weighted by Crippen LogP contribution is 2.37. The predicted molar refractivity (Wildman–Crippen MR) is 152 cm³/mol. The number of esters is 1. The minimum absolute atomic E-state index is 0.00353. The normalized spacial score (nSPS) is 14.3. The number of carbonyl (C=O) groups excluding carboxylic acids is 1. The second-order valence-corrected chi connectivity index (χ2v) is 11.5. The predicted octanol–water partition coefficient (Wildman–Crippen LogP) is 5.36. The first-order valence-electron chi connectivity index (χ1n) is 13.4. The first kappa shape index (κ1) is 29.8. The van der Waals surface area contributed by atoms with E-state index in [1.807, 2.05) is 26.8 Å². The molecule has 4 rings (SSSR count). The number of carbonyl (C=O) groups is 1. The van der Waals surface area contributed by atoms with Crippen LogP contribution in [-0.2, 0) is 9.53 Å². The molecule has 3 aromatic rings. The van der Waals surface area contributed by atoms with Gasteiger partial charge >= 0.3 is 5.97 Å². The summed E-state index contributed by atoms with van der Waals surface area (Å²) in [6.07, 6.45) is 3.06. The van der Waals surface area contributed by atoms with Crippen molar-refractivity contribution in [2.24, 2.45) is 5.92 Å². The van der Waals surface area contributed by atoms with Crippen LogP contribution in [0.3, 0.4) is 0 Å². The minimum atomic E-state index is -0.626. The van der Waals surface area contributed by atoms with Crippen molar-refractivity contribution in [2.45, 2.75) is 52.2 Å². The summed E-state index contributed by atoms with van der Waals surface area (Å²) in [5, 5.41) is 13.8. The van der Waals surface area contributed by atoms with Crippen LogP contribution in [0.2, 0.25) is 5.02 Å². The van der Waals surface area contributed by atoms with E-state index in [0.29, 0.717) is 59.5 Å². The van der Waals surface area contributed by atoms with Crippen molar-refractivity contribution in [1.82, 2.24) is 14.9 Å². The van der Waals surface area contributed by atoms with Crippen LogP contribution in [0.4, 0.5) is 15.9 Å². The Balaban J connectivity index is 1.52. The Morgan fingerprint density at radius 2 is 1.95 bits per heavy atom. The topological polar surface area (TPSA) is 106 Å². The third kappa shape index (κ3) is 8.90. The van der Waals surface area contributed by atoms with Gasteiger partial charge in [-0.1, -0.05) is 11.6 Å². The van der Waals surface area contributed by atoms with Gasteiger partial charge in [0.25, 0.3) is 0 Å². The SMILES string of the molecule is C[C@H](O)CN(CCOc1cc2ncnc(Nc3ccc(F)c(Cl)c3)c2cc1OCC1CC1)CC(=O)OC(C)(C)C. The summed E-state index contributed by atoms with van der Waals surface area (Å²) in [5.41, 5.74) is 0.603. The monoisotopic (exact) mass is 574 g/mol. The number of aromatic nitrogens is 2. The number of halogens is 2. The van der Waals surface area contributed by atoms with Crippen LogP contribution < -0.4 is 14.8 Å². The van der Waals surface area contributed by atoms with Gasteiger partial charge in [-0.05, 0) is 70.7 Å². The number of fused-ring (bicyclic) bond motifs is 1. The van der Waals surface area contributed by atoms with E-state index in [-0.39, 0.29) is 24.1 Å². The van der Waals surface area contributed by atoms with Crippen molar-refractivity contribution >= 4 is 40.0 Å². The van der Waals surface area contributed by atoms with E-state index in [4.69, 9.17) is 25.8 Å². The van der Waals surface area contributed by atoms with Crippen molar-refractivity contribution in [3.05, 3.63) is 47.5 Å². The van der Waals surface area contributed by atoms with E-state index >= 15 is 0 Å². The number of nitrogens with one attached hydrogen (secondary N) is 1. The fourth-order valence-electron chi connectivity index (χ4n) is 4.04. The maximum absolute atomic E-state index is 13.6. The van der Waals surface area contributed by atoms with Crippen LogP contribution in [0.25, 0.3) is 10.9 Å². The lowest BCUT2D eigenvalue weighted by Gasteiger charge is -2.26. The van der Waals surface area contributed by atoms with Crippen LogP contribution >= 0.6 is 11.6 Å². The second kappa shape index (κ2) is 13.0. The third-order valence-corrected chi connectivity index (χ3v) is 6.30. The molecule has 0 saturated heterocycles. The highest BCUT2D eigenvalue weighted by molar-refractivity contribution is 6.31. The number of ether oxygens (including phenoxy) is 3. The molecule has 0 radical (unpaired) electrons. The Bertz CT molecular complexity index is 1330. The van der Waals surface area contributed by atoms with Crippen LogP contribution in [0.5, 0.6) is 11.5 Å². The number of hydrogen-bond acceptors (Lipinski definition) is 9. The molecule has 0 unspecified atom stereocenters. The lowest BCUT2D eigenvalue weighted by Crippen LogP contribution is -2.40. The summed E-state index contributed by atoms with van der Waals surface area (Å²) in [6, 6.07) is 7.97. The van der Waals surface area contributed by atoms with E-state index in [0.717, 1.165) is 12.8 Å². The molecule has 0 aliphatic heterocycles. The average Bonchev–Trinajstić information content (AvgIpc) is 3.68. The van der Waals surface area contributed by atoms with Gasteiger partial charge in [0.15, 0.2) is 11.5 Å². The van der Waals surface area contributed by atoms with E-state index in [1.165, 1.54) is 18.5 Å². The molecule has 1 heterocycles. The molecule has 40 heavy (non-hydrogen) atoms. The molecule has 216 valence electrons. The lowest BCUT2D eigenvalue weighted by atomic mass is 10.2. The Morgan fingerprint density at radius 3 is 2.62 bits per heavy atom. The van der Waals surface area contributed by atoms with Gasteiger partial charge in [-0.15, -0.1) is 0 Å². The van der Waals surface area contributed by atoms with E-state index in [2.05, 4.69) is 15.3 Å². The summed E-state index contributed by atoms with van der Waals surface area (Å²) in [7, 11) is 0. The first-order valence-corrected chi connectivity index (χ1v) is 13.7. The number of nitrogens with zero attached hydrogens (tertiary/aromatic N) is 3. The molecule has 1 saturated carbocycles. The Hall–Kier alpha value is -3.21. The van der Waals surface area contributed by atoms with E-state index in [9.17, 15) is 14.3 Å². The number of aliphatic hydroxyl groups excluding tert-OH is 1. The number of aliphatic hydroxyl groups is 1. The highest BCUT2D eigenvalue weighted by atomic mass is 35.5. The van der Waals surface area contributed by atoms with Gasteiger partial charge in [0.1, 0.15) is 30.2 Å². The maximum Gasteiger partial charge on any atom is 0.320 e. The fourth-order valence-corrected chi connectivity index (χ4v) is 4.22. The molecular formula is C29H36ClFN4O5. The molecule has 2 N–H and O–H groups in total. The summed E-state index contributed by atoms with van der Waals surface area (Å²) in [5.74, 6) is 1.21. The molecule has 1 aliphatic rings. The van der Waals surface area contributed by atoms with Gasteiger partial charge < -0.3 is 24.6 Å². The molecule has 11 heteroatoms. The van der Waals surface area contributed by atoms with Crippen LogP contribution in [-0.4, -0.2) is 70.5 Å². The largest absolute Gasteiger partial charge is 0.489 e. The standard InChI is InChI=1S/C29H36ClFN4O5/c1-18(36)14-35(15-27(37)40-29(2,3)4)9-10-38-26-13-24-21(12-25(26)39-16-19-5-6-19)28(33-17-32-24)34-20-7-8-23(31)22(30)11-20/h7-8,11-13,17-19,36H,5-6,9-10,14-16H2,1-4H3,(H,32,33,34)/t18-/m0/s1. The van der Waals surface area contributed by atoms with Gasteiger partial charge in [-0.2, -0.15) is 0 Å².